The molecule has 1 atom stereocenters. The molecule has 0 unspecified atom stereocenters. The Morgan fingerprint density at radius 2 is 1.74 bits per heavy atom. The van der Waals surface area contributed by atoms with Gasteiger partial charge in [0.1, 0.15) is 0 Å². The van der Waals surface area contributed by atoms with Crippen LogP contribution in [0.15, 0.2) is 36.4 Å². The molecule has 3 nitrogen and oxygen atoms in total. The van der Waals surface area contributed by atoms with Crippen LogP contribution in [0.4, 0.5) is 0 Å². The van der Waals surface area contributed by atoms with Crippen LogP contribution in [0.2, 0.25) is 0 Å². The molecule has 3 rings (SSSR count). The van der Waals surface area contributed by atoms with Gasteiger partial charge >= 0.3 is 0 Å². The Morgan fingerprint density at radius 1 is 1.04 bits per heavy atom. The van der Waals surface area contributed by atoms with Crippen LogP contribution in [0, 0.1) is 5.92 Å². The van der Waals surface area contributed by atoms with Gasteiger partial charge in [0.25, 0.3) is 0 Å². The van der Waals surface area contributed by atoms with E-state index in [-0.39, 0.29) is 24.8 Å². The fraction of sp³-hybridized carbons (Fsp3) is 0.500. The lowest BCUT2D eigenvalue weighted by atomic mass is 9.98. The first-order valence-electron chi connectivity index (χ1n) is 8.04. The van der Waals surface area contributed by atoms with E-state index < -0.39 is 0 Å². The number of para-hydroxylation sites is 1. The van der Waals surface area contributed by atoms with E-state index in [4.69, 9.17) is 4.98 Å². The first-order valence-corrected chi connectivity index (χ1v) is 8.04. The summed E-state index contributed by atoms with van der Waals surface area (Å²) in [5, 5.41) is 4.67. The number of pyridine rings is 1. The summed E-state index contributed by atoms with van der Waals surface area (Å²) in [4.78, 5) is 7.53. The van der Waals surface area contributed by atoms with Crippen LogP contribution in [0.1, 0.15) is 32.0 Å². The predicted octanol–water partition coefficient (Wildman–Crippen LogP) is 4.07. The average Bonchev–Trinajstić information content (AvgIpc) is 2.53. The Kier molecular flexibility index (Phi) is 8.27. The van der Waals surface area contributed by atoms with Gasteiger partial charge in [0, 0.05) is 31.6 Å². The molecule has 0 amide bonds. The number of halogens is 2. The van der Waals surface area contributed by atoms with Gasteiger partial charge in [0.15, 0.2) is 0 Å². The van der Waals surface area contributed by atoms with Crippen LogP contribution in [0.3, 0.4) is 0 Å². The van der Waals surface area contributed by atoms with Crippen molar-refractivity contribution in [3.8, 4) is 0 Å². The van der Waals surface area contributed by atoms with E-state index in [9.17, 15) is 0 Å². The monoisotopic (exact) mass is 355 g/mol. The summed E-state index contributed by atoms with van der Waals surface area (Å²) in [6.45, 7) is 9.01. The third-order valence-corrected chi connectivity index (χ3v) is 4.25. The molecule has 1 saturated heterocycles. The molecular weight excluding hydrogens is 329 g/mol. The number of aromatic nitrogens is 1. The van der Waals surface area contributed by atoms with Crippen molar-refractivity contribution >= 4 is 35.7 Å². The fourth-order valence-corrected chi connectivity index (χ4v) is 3.16. The van der Waals surface area contributed by atoms with E-state index in [1.165, 1.54) is 17.5 Å². The second-order valence-corrected chi connectivity index (χ2v) is 6.36. The Morgan fingerprint density at radius 3 is 2.43 bits per heavy atom. The largest absolute Gasteiger partial charge is 0.314 e. The van der Waals surface area contributed by atoms with Crippen molar-refractivity contribution in [3.05, 3.63) is 42.1 Å². The quantitative estimate of drug-likeness (QED) is 0.895. The third kappa shape index (κ3) is 5.05. The second kappa shape index (κ2) is 9.43. The smallest absolute Gasteiger partial charge is 0.0706 e. The maximum Gasteiger partial charge on any atom is 0.0706 e. The molecule has 128 valence electrons. The van der Waals surface area contributed by atoms with Crippen LogP contribution in [0.5, 0.6) is 0 Å². The number of piperazine rings is 1. The fourth-order valence-electron chi connectivity index (χ4n) is 3.16. The number of hydrogen-bond donors (Lipinski definition) is 1. The highest BCUT2D eigenvalue weighted by atomic mass is 35.5. The van der Waals surface area contributed by atoms with Gasteiger partial charge < -0.3 is 5.32 Å². The van der Waals surface area contributed by atoms with Gasteiger partial charge in [0.2, 0.25) is 0 Å². The number of fused-ring (bicyclic) bond motifs is 1. The number of nitrogens with zero attached hydrogens (tertiary/aromatic N) is 2. The highest BCUT2D eigenvalue weighted by Gasteiger charge is 2.24. The molecule has 23 heavy (non-hydrogen) atoms. The van der Waals surface area contributed by atoms with E-state index in [1.807, 2.05) is 0 Å². The molecule has 1 aromatic heterocycles. The van der Waals surface area contributed by atoms with Crippen LogP contribution >= 0.6 is 24.8 Å². The number of benzene rings is 1. The minimum absolute atomic E-state index is 0. The SMILES string of the molecule is CC(C)C[C@H](c1ccc2ccccc2n1)N1CCNCC1.Cl.Cl. The summed E-state index contributed by atoms with van der Waals surface area (Å²) in [5.41, 5.74) is 2.34. The lowest BCUT2D eigenvalue weighted by Gasteiger charge is -2.35. The first-order chi connectivity index (χ1) is 10.2. The number of rotatable bonds is 4. The molecule has 0 saturated carbocycles. The van der Waals surface area contributed by atoms with Crippen molar-refractivity contribution in [3.63, 3.8) is 0 Å². The zero-order valence-corrected chi connectivity index (χ0v) is 15.5. The van der Waals surface area contributed by atoms with Crippen LogP contribution in [0.25, 0.3) is 10.9 Å². The summed E-state index contributed by atoms with van der Waals surface area (Å²) in [7, 11) is 0. The Balaban J connectivity index is 0.00000132. The van der Waals surface area contributed by atoms with E-state index in [0.29, 0.717) is 12.0 Å². The Labute approximate surface area is 151 Å². The Hall–Kier alpha value is -0.870. The van der Waals surface area contributed by atoms with Gasteiger partial charge in [-0.3, -0.25) is 9.88 Å². The minimum atomic E-state index is 0. The van der Waals surface area contributed by atoms with Crippen molar-refractivity contribution in [2.75, 3.05) is 26.2 Å². The number of hydrogen-bond acceptors (Lipinski definition) is 3. The topological polar surface area (TPSA) is 28.2 Å². The number of nitrogens with one attached hydrogen (secondary N) is 1. The van der Waals surface area contributed by atoms with Crippen molar-refractivity contribution in [2.24, 2.45) is 5.92 Å². The molecule has 0 aliphatic carbocycles. The zero-order valence-electron chi connectivity index (χ0n) is 13.9. The van der Waals surface area contributed by atoms with E-state index in [1.54, 1.807) is 0 Å². The molecule has 1 N–H and O–H groups in total. The molecule has 0 spiro atoms. The van der Waals surface area contributed by atoms with E-state index in [0.717, 1.165) is 31.7 Å². The van der Waals surface area contributed by atoms with Gasteiger partial charge in [-0.25, -0.2) is 0 Å². The summed E-state index contributed by atoms with van der Waals surface area (Å²) < 4.78 is 0. The van der Waals surface area contributed by atoms with Crippen LogP contribution in [-0.4, -0.2) is 36.1 Å². The van der Waals surface area contributed by atoms with Gasteiger partial charge in [-0.1, -0.05) is 38.1 Å². The maximum atomic E-state index is 4.94. The second-order valence-electron chi connectivity index (χ2n) is 6.36. The normalized spacial score (nSPS) is 16.7. The molecule has 1 aliphatic heterocycles. The summed E-state index contributed by atoms with van der Waals surface area (Å²) in [6.07, 6.45) is 1.17. The highest BCUT2D eigenvalue weighted by molar-refractivity contribution is 5.85. The summed E-state index contributed by atoms with van der Waals surface area (Å²) in [6, 6.07) is 13.3. The lowest BCUT2D eigenvalue weighted by Crippen LogP contribution is -2.45. The van der Waals surface area contributed by atoms with Crippen LogP contribution < -0.4 is 5.32 Å². The van der Waals surface area contributed by atoms with Gasteiger partial charge in [0.05, 0.1) is 17.3 Å². The summed E-state index contributed by atoms with van der Waals surface area (Å²) in [5.74, 6) is 0.679. The first kappa shape index (κ1) is 20.2. The summed E-state index contributed by atoms with van der Waals surface area (Å²) >= 11 is 0. The molecule has 1 aliphatic rings. The molecule has 2 heterocycles. The van der Waals surface area contributed by atoms with Crippen LogP contribution in [-0.2, 0) is 0 Å². The predicted molar refractivity (Wildman–Crippen MR) is 103 cm³/mol. The molecular formula is C18H27Cl2N3. The zero-order chi connectivity index (χ0) is 14.7. The van der Waals surface area contributed by atoms with Crippen molar-refractivity contribution in [1.82, 2.24) is 15.2 Å². The lowest BCUT2D eigenvalue weighted by molar-refractivity contribution is 0.151. The third-order valence-electron chi connectivity index (χ3n) is 4.25. The van der Waals surface area contributed by atoms with Gasteiger partial charge in [-0.15, -0.1) is 24.8 Å². The van der Waals surface area contributed by atoms with Crippen molar-refractivity contribution in [2.45, 2.75) is 26.3 Å². The standard InChI is InChI=1S/C18H25N3.2ClH/c1-14(2)13-18(21-11-9-19-10-12-21)17-8-7-15-5-3-4-6-16(15)20-17;;/h3-8,14,18-19H,9-13H2,1-2H3;2*1H/t18-;;/m1../s1. The van der Waals surface area contributed by atoms with E-state index in [2.05, 4.69) is 60.5 Å². The highest BCUT2D eigenvalue weighted by Crippen LogP contribution is 2.28. The average molecular weight is 356 g/mol. The molecule has 2 aromatic rings. The molecule has 0 radical (unpaired) electrons. The van der Waals surface area contributed by atoms with Gasteiger partial charge in [-0.05, 0) is 24.5 Å². The van der Waals surface area contributed by atoms with Crippen molar-refractivity contribution < 1.29 is 0 Å². The molecule has 0 bridgehead atoms. The maximum absolute atomic E-state index is 4.94. The molecule has 5 heteroatoms. The van der Waals surface area contributed by atoms with E-state index >= 15 is 0 Å². The molecule has 1 fully saturated rings. The Bertz CT molecular complexity index is 598. The molecule has 1 aromatic carbocycles. The van der Waals surface area contributed by atoms with Gasteiger partial charge in [-0.2, -0.15) is 0 Å². The minimum Gasteiger partial charge on any atom is -0.314 e. The van der Waals surface area contributed by atoms with Crippen molar-refractivity contribution in [1.29, 1.82) is 0 Å².